The summed E-state index contributed by atoms with van der Waals surface area (Å²) in [7, 11) is 1.29. The molecule has 1 aromatic carbocycles. The summed E-state index contributed by atoms with van der Waals surface area (Å²) in [5.74, 6) is -0.355. The number of anilines is 1. The van der Waals surface area contributed by atoms with E-state index < -0.39 is 11.6 Å². The molecule has 23 heavy (non-hydrogen) atoms. The summed E-state index contributed by atoms with van der Waals surface area (Å²) in [6.45, 7) is 3.28. The van der Waals surface area contributed by atoms with Crippen molar-refractivity contribution in [1.82, 2.24) is 0 Å². The number of halogens is 1. The van der Waals surface area contributed by atoms with Crippen molar-refractivity contribution in [3.05, 3.63) is 46.3 Å². The van der Waals surface area contributed by atoms with Gasteiger partial charge in [0.25, 0.3) is 5.91 Å². The molecular weight excluding hydrogens is 338 g/mol. The third-order valence-corrected chi connectivity index (χ3v) is 4.11. The van der Waals surface area contributed by atoms with Gasteiger partial charge in [0.2, 0.25) is 0 Å². The molecule has 0 aliphatic heterocycles. The van der Waals surface area contributed by atoms with E-state index in [1.165, 1.54) is 18.4 Å². The van der Waals surface area contributed by atoms with E-state index in [9.17, 15) is 9.59 Å². The second-order valence-electron chi connectivity index (χ2n) is 5.18. The molecular formula is C16H16ClNO4S. The van der Waals surface area contributed by atoms with E-state index in [1.54, 1.807) is 49.6 Å². The van der Waals surface area contributed by atoms with Crippen LogP contribution in [0.1, 0.15) is 24.2 Å². The van der Waals surface area contributed by atoms with E-state index in [0.29, 0.717) is 21.3 Å². The van der Waals surface area contributed by atoms with Crippen molar-refractivity contribution in [2.24, 2.45) is 0 Å². The van der Waals surface area contributed by atoms with E-state index in [-0.39, 0.29) is 5.91 Å². The average Bonchev–Trinajstić information content (AvgIpc) is 2.96. The minimum Gasteiger partial charge on any atom is -0.478 e. The molecule has 0 aliphatic carbocycles. The van der Waals surface area contributed by atoms with Crippen molar-refractivity contribution >= 4 is 39.8 Å². The van der Waals surface area contributed by atoms with Gasteiger partial charge in [-0.25, -0.2) is 4.79 Å². The molecule has 0 unspecified atom stereocenters. The Labute approximate surface area is 143 Å². The number of methoxy groups -OCH3 is 1. The van der Waals surface area contributed by atoms with Crippen LogP contribution in [-0.4, -0.2) is 24.6 Å². The van der Waals surface area contributed by atoms with Gasteiger partial charge in [0, 0.05) is 5.02 Å². The Bertz CT molecular complexity index is 709. The first-order chi connectivity index (χ1) is 10.8. The zero-order chi connectivity index (χ0) is 17.0. The third kappa shape index (κ3) is 4.24. The molecule has 1 amide bonds. The van der Waals surface area contributed by atoms with E-state index in [2.05, 4.69) is 10.1 Å². The Morgan fingerprint density at radius 1 is 1.17 bits per heavy atom. The van der Waals surface area contributed by atoms with Crippen LogP contribution in [0.25, 0.3) is 0 Å². The van der Waals surface area contributed by atoms with E-state index in [4.69, 9.17) is 16.3 Å². The van der Waals surface area contributed by atoms with Crippen molar-refractivity contribution in [3.63, 3.8) is 0 Å². The summed E-state index contributed by atoms with van der Waals surface area (Å²) in [5.41, 5.74) is -0.821. The number of carbonyl (C=O) groups is 2. The van der Waals surface area contributed by atoms with Crippen LogP contribution in [0.3, 0.4) is 0 Å². The highest BCUT2D eigenvalue weighted by Crippen LogP contribution is 2.27. The summed E-state index contributed by atoms with van der Waals surface area (Å²) >= 11 is 7.06. The first-order valence-corrected chi connectivity index (χ1v) is 8.01. The lowest BCUT2D eigenvalue weighted by molar-refractivity contribution is -0.128. The summed E-state index contributed by atoms with van der Waals surface area (Å²) in [6, 6.07) is 8.32. The second-order valence-corrected chi connectivity index (χ2v) is 6.53. The maximum atomic E-state index is 12.5. The Balaban J connectivity index is 2.11. The van der Waals surface area contributed by atoms with E-state index >= 15 is 0 Å². The highest BCUT2D eigenvalue weighted by Gasteiger charge is 2.31. The van der Waals surface area contributed by atoms with Gasteiger partial charge in [0.15, 0.2) is 5.60 Å². The third-order valence-electron chi connectivity index (χ3n) is 3.03. The number of carbonyl (C=O) groups excluding carboxylic acids is 2. The monoisotopic (exact) mass is 353 g/mol. The predicted molar refractivity (Wildman–Crippen MR) is 90.4 cm³/mol. The number of benzene rings is 1. The molecule has 0 fully saturated rings. The van der Waals surface area contributed by atoms with Gasteiger partial charge in [-0.2, -0.15) is 0 Å². The Hall–Kier alpha value is -2.05. The summed E-state index contributed by atoms with van der Waals surface area (Å²) in [4.78, 5) is 24.1. The molecule has 0 saturated carbocycles. The molecule has 5 nitrogen and oxygen atoms in total. The predicted octanol–water partition coefficient (Wildman–Crippen LogP) is 3.98. The van der Waals surface area contributed by atoms with Crippen molar-refractivity contribution in [1.29, 1.82) is 0 Å². The van der Waals surface area contributed by atoms with Gasteiger partial charge in [-0.15, -0.1) is 11.3 Å². The average molecular weight is 354 g/mol. The van der Waals surface area contributed by atoms with Gasteiger partial charge < -0.3 is 14.8 Å². The molecule has 0 radical (unpaired) electrons. The molecule has 0 atom stereocenters. The first kappa shape index (κ1) is 17.3. The maximum Gasteiger partial charge on any atom is 0.340 e. The molecule has 1 aromatic heterocycles. The molecule has 2 rings (SSSR count). The van der Waals surface area contributed by atoms with E-state index in [1.807, 2.05) is 0 Å². The van der Waals surface area contributed by atoms with Crippen molar-refractivity contribution in [2.75, 3.05) is 12.4 Å². The maximum absolute atomic E-state index is 12.5. The number of esters is 1. The lowest BCUT2D eigenvalue weighted by Gasteiger charge is -2.25. The van der Waals surface area contributed by atoms with Crippen LogP contribution in [-0.2, 0) is 9.53 Å². The van der Waals surface area contributed by atoms with Crippen LogP contribution in [0.15, 0.2) is 35.7 Å². The van der Waals surface area contributed by atoms with Crippen LogP contribution >= 0.6 is 22.9 Å². The fourth-order valence-corrected chi connectivity index (χ4v) is 2.67. The highest BCUT2D eigenvalue weighted by atomic mass is 35.5. The van der Waals surface area contributed by atoms with Gasteiger partial charge in [-0.05, 0) is 49.6 Å². The Kier molecular flexibility index (Phi) is 5.28. The van der Waals surface area contributed by atoms with E-state index in [0.717, 1.165) is 0 Å². The fourth-order valence-electron chi connectivity index (χ4n) is 1.77. The number of nitrogens with one attached hydrogen (secondary N) is 1. The quantitative estimate of drug-likeness (QED) is 0.825. The Morgan fingerprint density at radius 3 is 2.43 bits per heavy atom. The van der Waals surface area contributed by atoms with Crippen molar-refractivity contribution < 1.29 is 19.1 Å². The summed E-state index contributed by atoms with van der Waals surface area (Å²) in [6.07, 6.45) is 0. The molecule has 122 valence electrons. The normalized spacial score (nSPS) is 11.0. The van der Waals surface area contributed by atoms with Crippen molar-refractivity contribution in [2.45, 2.75) is 19.4 Å². The van der Waals surface area contributed by atoms with Gasteiger partial charge in [-0.3, -0.25) is 4.79 Å². The number of hydrogen-bond donors (Lipinski definition) is 1. The van der Waals surface area contributed by atoms with Gasteiger partial charge >= 0.3 is 5.97 Å². The van der Waals surface area contributed by atoms with Crippen LogP contribution in [0.5, 0.6) is 5.75 Å². The molecule has 0 bridgehead atoms. The Morgan fingerprint density at radius 2 is 1.83 bits per heavy atom. The van der Waals surface area contributed by atoms with Crippen molar-refractivity contribution in [3.8, 4) is 5.75 Å². The number of amides is 1. The van der Waals surface area contributed by atoms with Crippen LogP contribution < -0.4 is 10.1 Å². The molecule has 7 heteroatoms. The lowest BCUT2D eigenvalue weighted by atomic mass is 10.1. The molecule has 2 aromatic rings. The SMILES string of the molecule is COC(=O)c1ccsc1NC(=O)C(C)(C)Oc1ccc(Cl)cc1. The lowest BCUT2D eigenvalue weighted by Crippen LogP contribution is -2.42. The topological polar surface area (TPSA) is 64.6 Å². The first-order valence-electron chi connectivity index (χ1n) is 6.75. The number of ether oxygens (including phenoxy) is 2. The minimum atomic E-state index is -1.13. The largest absolute Gasteiger partial charge is 0.478 e. The summed E-state index contributed by atoms with van der Waals surface area (Å²) in [5, 5.41) is 5.42. The molecule has 0 aliphatic rings. The fraction of sp³-hybridized carbons (Fsp3) is 0.250. The smallest absolute Gasteiger partial charge is 0.340 e. The van der Waals surface area contributed by atoms with Gasteiger partial charge in [0.05, 0.1) is 12.7 Å². The van der Waals surface area contributed by atoms with Gasteiger partial charge in [0.1, 0.15) is 10.8 Å². The minimum absolute atomic E-state index is 0.313. The molecule has 1 N–H and O–H groups in total. The molecule has 0 spiro atoms. The second kappa shape index (κ2) is 7.02. The highest BCUT2D eigenvalue weighted by molar-refractivity contribution is 7.14. The standard InChI is InChI=1S/C16H16ClNO4S/c1-16(2,22-11-6-4-10(17)5-7-11)15(20)18-13-12(8-9-23-13)14(19)21-3/h4-9H,1-3H3,(H,18,20). The van der Waals surface area contributed by atoms with Gasteiger partial charge in [-0.1, -0.05) is 11.6 Å². The molecule has 0 saturated heterocycles. The number of thiophene rings is 1. The van der Waals surface area contributed by atoms with Crippen LogP contribution in [0, 0.1) is 0 Å². The molecule has 1 heterocycles. The zero-order valence-electron chi connectivity index (χ0n) is 12.9. The zero-order valence-corrected chi connectivity index (χ0v) is 14.5. The van der Waals surface area contributed by atoms with Crippen LogP contribution in [0.2, 0.25) is 5.02 Å². The number of rotatable bonds is 5. The van der Waals surface area contributed by atoms with Crippen LogP contribution in [0.4, 0.5) is 5.00 Å². The summed E-state index contributed by atoms with van der Waals surface area (Å²) < 4.78 is 10.4. The number of hydrogen-bond acceptors (Lipinski definition) is 5.